The lowest BCUT2D eigenvalue weighted by Crippen LogP contribution is -2.50. The lowest BCUT2D eigenvalue weighted by molar-refractivity contribution is 0.0687. The van der Waals surface area contributed by atoms with E-state index in [1.54, 1.807) is 44.1 Å². The van der Waals surface area contributed by atoms with Gasteiger partial charge in [0.05, 0.1) is 12.0 Å². The van der Waals surface area contributed by atoms with Crippen molar-refractivity contribution < 1.29 is 22.5 Å². The van der Waals surface area contributed by atoms with Gasteiger partial charge in [0.2, 0.25) is 10.0 Å². The van der Waals surface area contributed by atoms with Crippen molar-refractivity contribution in [2.45, 2.75) is 25.7 Å². The number of rotatable bonds is 4. The summed E-state index contributed by atoms with van der Waals surface area (Å²) in [6.45, 7) is 6.35. The van der Waals surface area contributed by atoms with Crippen LogP contribution in [0.1, 0.15) is 27.4 Å². The second-order valence-electron chi connectivity index (χ2n) is 6.61. The molecule has 146 valence electrons. The fourth-order valence-electron chi connectivity index (χ4n) is 3.16. The number of carbonyl (C=O) groups is 1. The van der Waals surface area contributed by atoms with Gasteiger partial charge >= 0.3 is 0 Å². The average Bonchev–Trinajstić information content (AvgIpc) is 3.09. The average molecular weight is 393 g/mol. The SMILES string of the molecule is COc1cc(C)c(S(=O)(=O)N2CCN(C(=O)c3cc(C)on3)CC2)cc1C. The number of benzene rings is 1. The molecule has 0 bridgehead atoms. The van der Waals surface area contributed by atoms with Crippen LogP contribution in [-0.4, -0.2) is 62.0 Å². The largest absolute Gasteiger partial charge is 0.496 e. The van der Waals surface area contributed by atoms with Crippen molar-refractivity contribution >= 4 is 15.9 Å². The van der Waals surface area contributed by atoms with E-state index in [-0.39, 0.29) is 29.6 Å². The second-order valence-corrected chi connectivity index (χ2v) is 8.51. The van der Waals surface area contributed by atoms with Gasteiger partial charge in [-0.3, -0.25) is 4.79 Å². The first-order chi connectivity index (χ1) is 12.7. The highest BCUT2D eigenvalue weighted by Crippen LogP contribution is 2.28. The molecule has 0 spiro atoms. The molecule has 0 saturated carbocycles. The molecule has 1 saturated heterocycles. The number of ether oxygens (including phenoxy) is 1. The Morgan fingerprint density at radius 3 is 2.30 bits per heavy atom. The minimum atomic E-state index is -3.64. The summed E-state index contributed by atoms with van der Waals surface area (Å²) in [4.78, 5) is 14.3. The predicted octanol–water partition coefficient (Wildman–Crippen LogP) is 1.76. The van der Waals surface area contributed by atoms with Crippen molar-refractivity contribution in [3.8, 4) is 5.75 Å². The van der Waals surface area contributed by atoms with Crippen LogP contribution in [0.25, 0.3) is 0 Å². The molecule has 1 aromatic heterocycles. The second kappa shape index (κ2) is 7.32. The van der Waals surface area contributed by atoms with Gasteiger partial charge in [-0.25, -0.2) is 8.42 Å². The number of methoxy groups -OCH3 is 1. The summed E-state index contributed by atoms with van der Waals surface area (Å²) in [6.07, 6.45) is 0. The maximum atomic E-state index is 13.1. The number of hydrogen-bond donors (Lipinski definition) is 0. The molecule has 0 aliphatic carbocycles. The Balaban J connectivity index is 1.75. The molecule has 1 aliphatic heterocycles. The highest BCUT2D eigenvalue weighted by atomic mass is 32.2. The van der Waals surface area contributed by atoms with E-state index in [4.69, 9.17) is 9.26 Å². The summed E-state index contributed by atoms with van der Waals surface area (Å²) in [5, 5.41) is 3.73. The molecule has 0 N–H and O–H groups in total. The van der Waals surface area contributed by atoms with Gasteiger partial charge in [0.25, 0.3) is 5.91 Å². The van der Waals surface area contributed by atoms with Crippen LogP contribution in [0.15, 0.2) is 27.6 Å². The third-order valence-electron chi connectivity index (χ3n) is 4.68. The smallest absolute Gasteiger partial charge is 0.276 e. The maximum absolute atomic E-state index is 13.1. The van der Waals surface area contributed by atoms with Crippen molar-refractivity contribution in [3.05, 3.63) is 40.8 Å². The van der Waals surface area contributed by atoms with E-state index in [0.717, 1.165) is 5.56 Å². The minimum Gasteiger partial charge on any atom is -0.496 e. The number of aryl methyl sites for hydroxylation is 3. The van der Waals surface area contributed by atoms with Gasteiger partial charge in [-0.2, -0.15) is 4.31 Å². The van der Waals surface area contributed by atoms with Gasteiger partial charge in [0, 0.05) is 32.2 Å². The standard InChI is InChI=1S/C18H23N3O5S/c1-12-10-17(13(2)9-16(12)25-4)27(23,24)21-7-5-20(6-8-21)18(22)15-11-14(3)26-19-15/h9-11H,5-8H2,1-4H3. The van der Waals surface area contributed by atoms with Gasteiger partial charge < -0.3 is 14.2 Å². The summed E-state index contributed by atoms with van der Waals surface area (Å²) >= 11 is 0. The van der Waals surface area contributed by atoms with Crippen molar-refractivity contribution in [1.82, 2.24) is 14.4 Å². The lowest BCUT2D eigenvalue weighted by Gasteiger charge is -2.34. The first-order valence-electron chi connectivity index (χ1n) is 8.62. The van der Waals surface area contributed by atoms with Crippen LogP contribution >= 0.6 is 0 Å². The first-order valence-corrected chi connectivity index (χ1v) is 10.1. The Bertz CT molecular complexity index is 959. The molecule has 2 aromatic rings. The number of amides is 1. The fourth-order valence-corrected chi connectivity index (χ4v) is 4.87. The van der Waals surface area contributed by atoms with Gasteiger partial charge in [0.15, 0.2) is 5.69 Å². The van der Waals surface area contributed by atoms with Crippen LogP contribution < -0.4 is 4.74 Å². The number of carbonyl (C=O) groups excluding carboxylic acids is 1. The Labute approximate surface area is 158 Å². The first kappa shape index (κ1) is 19.4. The summed E-state index contributed by atoms with van der Waals surface area (Å²) in [6, 6.07) is 4.95. The van der Waals surface area contributed by atoms with Crippen LogP contribution in [0, 0.1) is 20.8 Å². The Hall–Kier alpha value is -2.39. The third kappa shape index (κ3) is 3.70. The van der Waals surface area contributed by atoms with E-state index in [2.05, 4.69) is 5.16 Å². The molecule has 27 heavy (non-hydrogen) atoms. The van der Waals surface area contributed by atoms with Gasteiger partial charge in [-0.1, -0.05) is 5.16 Å². The third-order valence-corrected chi connectivity index (χ3v) is 6.72. The molecule has 0 radical (unpaired) electrons. The van der Waals surface area contributed by atoms with Crippen molar-refractivity contribution in [1.29, 1.82) is 0 Å². The molecule has 0 atom stereocenters. The number of hydrogen-bond acceptors (Lipinski definition) is 6. The molecular weight excluding hydrogens is 370 g/mol. The topological polar surface area (TPSA) is 93.0 Å². The Morgan fingerprint density at radius 2 is 1.74 bits per heavy atom. The molecule has 1 amide bonds. The Kier molecular flexibility index (Phi) is 5.25. The summed E-state index contributed by atoms with van der Waals surface area (Å²) in [5.41, 5.74) is 1.64. The van der Waals surface area contributed by atoms with E-state index in [0.29, 0.717) is 30.2 Å². The van der Waals surface area contributed by atoms with E-state index in [1.807, 2.05) is 6.92 Å². The van der Waals surface area contributed by atoms with Gasteiger partial charge in [-0.15, -0.1) is 0 Å². The molecule has 1 aliphatic rings. The van der Waals surface area contributed by atoms with Crippen molar-refractivity contribution in [2.75, 3.05) is 33.3 Å². The zero-order chi connectivity index (χ0) is 19.8. The van der Waals surface area contributed by atoms with E-state index >= 15 is 0 Å². The molecule has 0 unspecified atom stereocenters. The van der Waals surface area contributed by atoms with Crippen LogP contribution in [0.4, 0.5) is 0 Å². The minimum absolute atomic E-state index is 0.232. The highest BCUT2D eigenvalue weighted by Gasteiger charge is 2.32. The number of nitrogens with zero attached hydrogens (tertiary/aromatic N) is 3. The molecule has 9 heteroatoms. The zero-order valence-corrected chi connectivity index (χ0v) is 16.7. The fraction of sp³-hybridized carbons (Fsp3) is 0.444. The summed E-state index contributed by atoms with van der Waals surface area (Å²) < 4.78 is 37.7. The van der Waals surface area contributed by atoms with Crippen LogP contribution in [0.2, 0.25) is 0 Å². The number of piperazine rings is 1. The molecule has 8 nitrogen and oxygen atoms in total. The Morgan fingerprint density at radius 1 is 1.07 bits per heavy atom. The quantitative estimate of drug-likeness (QED) is 0.786. The normalized spacial score (nSPS) is 15.8. The van der Waals surface area contributed by atoms with Crippen LogP contribution in [-0.2, 0) is 10.0 Å². The highest BCUT2D eigenvalue weighted by molar-refractivity contribution is 7.89. The van der Waals surface area contributed by atoms with Crippen molar-refractivity contribution in [2.24, 2.45) is 0 Å². The summed E-state index contributed by atoms with van der Waals surface area (Å²) in [5.74, 6) is 0.968. The summed E-state index contributed by atoms with van der Waals surface area (Å²) in [7, 11) is -2.09. The monoisotopic (exact) mass is 393 g/mol. The molecule has 3 rings (SSSR count). The molecule has 1 aromatic carbocycles. The van der Waals surface area contributed by atoms with E-state index in [1.165, 1.54) is 4.31 Å². The molecule has 2 heterocycles. The van der Waals surface area contributed by atoms with Gasteiger partial charge in [-0.05, 0) is 44.0 Å². The maximum Gasteiger partial charge on any atom is 0.276 e. The molecule has 1 fully saturated rings. The predicted molar refractivity (Wildman–Crippen MR) is 98.4 cm³/mol. The van der Waals surface area contributed by atoms with Crippen LogP contribution in [0.5, 0.6) is 5.75 Å². The lowest BCUT2D eigenvalue weighted by atomic mass is 10.1. The zero-order valence-electron chi connectivity index (χ0n) is 15.9. The van der Waals surface area contributed by atoms with E-state index < -0.39 is 10.0 Å². The van der Waals surface area contributed by atoms with Crippen molar-refractivity contribution in [3.63, 3.8) is 0 Å². The molecular formula is C18H23N3O5S. The van der Waals surface area contributed by atoms with Gasteiger partial charge in [0.1, 0.15) is 11.5 Å². The number of sulfonamides is 1. The van der Waals surface area contributed by atoms with E-state index in [9.17, 15) is 13.2 Å². The van der Waals surface area contributed by atoms with Crippen LogP contribution in [0.3, 0.4) is 0 Å². The number of aromatic nitrogens is 1.